The maximum Gasteiger partial charge on any atom is 0.271 e. The first-order valence-electron chi connectivity index (χ1n) is 15.2. The smallest absolute Gasteiger partial charge is 0.271 e. The van der Waals surface area contributed by atoms with Gasteiger partial charge >= 0.3 is 0 Å². The Bertz CT molecular complexity index is 1960. The van der Waals surface area contributed by atoms with E-state index in [0.717, 1.165) is 33.5 Å². The first-order valence-corrected chi connectivity index (χ1v) is 16.2. The van der Waals surface area contributed by atoms with Gasteiger partial charge in [-0.2, -0.15) is 4.68 Å². The molecule has 1 amide bonds. The highest BCUT2D eigenvalue weighted by Crippen LogP contribution is 2.39. The quantitative estimate of drug-likeness (QED) is 0.187. The summed E-state index contributed by atoms with van der Waals surface area (Å²) >= 11 is 1.53. The lowest BCUT2D eigenvalue weighted by molar-refractivity contribution is -0.245. The first kappa shape index (κ1) is 30.6. The lowest BCUT2D eigenvalue weighted by atomic mass is 10.0. The van der Waals surface area contributed by atoms with E-state index in [4.69, 9.17) is 9.47 Å². The van der Waals surface area contributed by atoms with E-state index in [1.54, 1.807) is 4.68 Å². The van der Waals surface area contributed by atoms with Crippen LogP contribution < -0.4 is 5.32 Å². The van der Waals surface area contributed by atoms with E-state index in [-0.39, 0.29) is 30.4 Å². The summed E-state index contributed by atoms with van der Waals surface area (Å²) in [5.74, 6) is 0.319. The van der Waals surface area contributed by atoms with Gasteiger partial charge in [-0.05, 0) is 51.4 Å². The zero-order valence-electron chi connectivity index (χ0n) is 25.2. The zero-order valence-corrected chi connectivity index (χ0v) is 26.0. The molecule has 0 aliphatic carbocycles. The molecule has 2 N–H and O–H groups in total. The Morgan fingerprint density at radius 1 is 0.872 bits per heavy atom. The molecule has 47 heavy (non-hydrogen) atoms. The number of ether oxygens (including phenoxy) is 2. The molecule has 236 valence electrons. The van der Waals surface area contributed by atoms with Crippen molar-refractivity contribution in [2.45, 2.75) is 43.2 Å². The average molecular weight is 646 g/mol. The molecule has 12 heteroatoms. The summed E-state index contributed by atoms with van der Waals surface area (Å²) in [7, 11) is 0. The van der Waals surface area contributed by atoms with E-state index in [0.29, 0.717) is 29.4 Å². The molecular weight excluding hydrogens is 614 g/mol. The highest BCUT2D eigenvalue weighted by Gasteiger charge is 2.32. The van der Waals surface area contributed by atoms with Crippen molar-refractivity contribution in [2.75, 3.05) is 5.75 Å². The number of nitrogens with zero attached hydrogens (tertiary/aromatic N) is 6. The number of aliphatic hydroxyl groups is 1. The van der Waals surface area contributed by atoms with Crippen LogP contribution >= 0.6 is 11.8 Å². The van der Waals surface area contributed by atoms with Gasteiger partial charge in [-0.25, -0.2) is 4.98 Å². The van der Waals surface area contributed by atoms with Gasteiger partial charge in [-0.1, -0.05) is 90.6 Å². The molecule has 1 saturated heterocycles. The van der Waals surface area contributed by atoms with E-state index >= 15 is 0 Å². The topological polar surface area (TPSA) is 137 Å². The minimum absolute atomic E-state index is 0.0185. The standard InChI is InChI=1S/C35H31N7O4S/c43-21-24-12-14-25(15-13-24)32-18-28(22-47-35-39-40-41-42(35)27-6-2-1-3-7-27)45-34(46-32)26-16-10-23(11-17-26)19-37-33(44)31-20-36-29-8-4-5-9-30(29)38-31/h1-17,20,28,32,34,43H,18-19,21-22H2,(H,37,44)/t28-,32+,34+/m1/s1. The second-order valence-electron chi connectivity index (χ2n) is 11.0. The molecule has 0 bridgehead atoms. The van der Waals surface area contributed by atoms with E-state index < -0.39 is 6.29 Å². The molecule has 3 heterocycles. The molecule has 0 spiro atoms. The van der Waals surface area contributed by atoms with Gasteiger partial charge in [0.25, 0.3) is 5.91 Å². The first-order chi connectivity index (χ1) is 23.1. The predicted molar refractivity (Wildman–Crippen MR) is 175 cm³/mol. The number of carbonyl (C=O) groups excluding carboxylic acids is 1. The highest BCUT2D eigenvalue weighted by atomic mass is 32.2. The van der Waals surface area contributed by atoms with Gasteiger partial charge in [0.1, 0.15) is 5.69 Å². The van der Waals surface area contributed by atoms with Crippen molar-refractivity contribution in [3.05, 3.63) is 137 Å². The fourth-order valence-corrected chi connectivity index (χ4v) is 6.23. The number of hydrogen-bond donors (Lipinski definition) is 2. The maximum absolute atomic E-state index is 12.8. The molecule has 4 aromatic carbocycles. The zero-order chi connectivity index (χ0) is 32.0. The molecule has 3 atom stereocenters. The Morgan fingerprint density at radius 3 is 2.38 bits per heavy atom. The number of thioether (sulfide) groups is 1. The van der Waals surface area contributed by atoms with Gasteiger partial charge in [0.15, 0.2) is 6.29 Å². The van der Waals surface area contributed by atoms with E-state index in [2.05, 4.69) is 30.8 Å². The van der Waals surface area contributed by atoms with Crippen LogP contribution in [0.4, 0.5) is 0 Å². The molecule has 1 fully saturated rings. The van der Waals surface area contributed by atoms with Crippen LogP contribution in [0.15, 0.2) is 114 Å². The number of aliphatic hydroxyl groups excluding tert-OH is 1. The molecule has 0 saturated carbocycles. The molecule has 0 unspecified atom stereocenters. The number of benzene rings is 4. The maximum atomic E-state index is 12.8. The van der Waals surface area contributed by atoms with Gasteiger partial charge in [-0.3, -0.25) is 9.78 Å². The van der Waals surface area contributed by atoms with Gasteiger partial charge in [-0.15, -0.1) is 5.10 Å². The Kier molecular flexibility index (Phi) is 9.24. The molecule has 7 rings (SSSR count). The molecule has 1 aliphatic rings. The minimum Gasteiger partial charge on any atom is -0.392 e. The van der Waals surface area contributed by atoms with Crippen LogP contribution in [0.2, 0.25) is 0 Å². The molecule has 2 aromatic heterocycles. The highest BCUT2D eigenvalue weighted by molar-refractivity contribution is 7.99. The summed E-state index contributed by atoms with van der Waals surface area (Å²) in [6.07, 6.45) is 1.13. The van der Waals surface area contributed by atoms with E-state index in [1.807, 2.05) is 103 Å². The lowest BCUT2D eigenvalue weighted by Crippen LogP contribution is -2.31. The van der Waals surface area contributed by atoms with E-state index in [9.17, 15) is 9.90 Å². The second-order valence-corrected chi connectivity index (χ2v) is 12.0. The third kappa shape index (κ3) is 7.21. The number of aromatic nitrogens is 6. The van der Waals surface area contributed by atoms with Crippen LogP contribution in [-0.4, -0.2) is 53.0 Å². The number of carbonyl (C=O) groups is 1. The van der Waals surface area contributed by atoms with Crippen molar-refractivity contribution in [1.29, 1.82) is 0 Å². The van der Waals surface area contributed by atoms with Crippen LogP contribution in [-0.2, 0) is 22.6 Å². The van der Waals surface area contributed by atoms with Gasteiger partial charge in [0.05, 0.1) is 41.7 Å². The van der Waals surface area contributed by atoms with Crippen LogP contribution in [0.3, 0.4) is 0 Å². The Labute approximate surface area is 275 Å². The minimum atomic E-state index is -0.612. The fraction of sp³-hybridized carbons (Fsp3) is 0.200. The Hall–Kier alpha value is -5.01. The molecule has 1 aliphatic heterocycles. The fourth-order valence-electron chi connectivity index (χ4n) is 5.32. The third-order valence-electron chi connectivity index (χ3n) is 7.84. The Balaban J connectivity index is 1.04. The second kappa shape index (κ2) is 14.2. The summed E-state index contributed by atoms with van der Waals surface area (Å²) in [5, 5.41) is 25.4. The largest absolute Gasteiger partial charge is 0.392 e. The normalized spacial score (nSPS) is 17.9. The third-order valence-corrected chi connectivity index (χ3v) is 8.89. The number of para-hydroxylation sites is 3. The monoisotopic (exact) mass is 645 g/mol. The predicted octanol–water partition coefficient (Wildman–Crippen LogP) is 5.37. The van der Waals surface area contributed by atoms with Crippen LogP contribution in [0.25, 0.3) is 16.7 Å². The van der Waals surface area contributed by atoms with E-state index in [1.165, 1.54) is 18.0 Å². The summed E-state index contributed by atoms with van der Waals surface area (Å²) < 4.78 is 14.7. The summed E-state index contributed by atoms with van der Waals surface area (Å²) in [6, 6.07) is 32.8. The summed E-state index contributed by atoms with van der Waals surface area (Å²) in [6.45, 7) is 0.310. The molecule has 6 aromatic rings. The number of hydrogen-bond acceptors (Lipinski definition) is 10. The summed E-state index contributed by atoms with van der Waals surface area (Å²) in [4.78, 5) is 21.6. The molecular formula is C35H31N7O4S. The van der Waals surface area contributed by atoms with Crippen LogP contribution in [0.1, 0.15) is 51.6 Å². The average Bonchev–Trinajstić information content (AvgIpc) is 3.62. The summed E-state index contributed by atoms with van der Waals surface area (Å²) in [5.41, 5.74) is 6.20. The van der Waals surface area contributed by atoms with Crippen LogP contribution in [0, 0.1) is 0 Å². The Morgan fingerprint density at radius 2 is 1.60 bits per heavy atom. The number of tetrazole rings is 1. The lowest BCUT2D eigenvalue weighted by Gasteiger charge is -2.36. The van der Waals surface area contributed by atoms with Crippen molar-refractivity contribution in [3.63, 3.8) is 0 Å². The van der Waals surface area contributed by atoms with Crippen molar-refractivity contribution in [2.24, 2.45) is 0 Å². The number of nitrogens with one attached hydrogen (secondary N) is 1. The van der Waals surface area contributed by atoms with Gasteiger partial charge in [0.2, 0.25) is 5.16 Å². The number of amides is 1. The SMILES string of the molecule is O=C(NCc1ccc([C@H]2O[C@@H](CSc3nnnn3-c3ccccc3)C[C@@H](c3ccc(CO)cc3)O2)cc1)c1cnc2ccccc2n1. The van der Waals surface area contributed by atoms with Crippen molar-refractivity contribution < 1.29 is 19.4 Å². The van der Waals surface area contributed by atoms with Crippen molar-refractivity contribution >= 4 is 28.7 Å². The number of fused-ring (bicyclic) bond motifs is 1. The van der Waals surface area contributed by atoms with Crippen molar-refractivity contribution in [3.8, 4) is 5.69 Å². The van der Waals surface area contributed by atoms with Gasteiger partial charge < -0.3 is 19.9 Å². The molecule has 0 radical (unpaired) electrons. The van der Waals surface area contributed by atoms with Crippen molar-refractivity contribution in [1.82, 2.24) is 35.5 Å². The van der Waals surface area contributed by atoms with Gasteiger partial charge in [0, 0.05) is 24.3 Å². The molecule has 11 nitrogen and oxygen atoms in total. The van der Waals surface area contributed by atoms with Crippen LogP contribution in [0.5, 0.6) is 0 Å². The number of rotatable bonds is 10.